The molecule has 3 nitrogen and oxygen atoms in total. The number of hydrogen-bond acceptors (Lipinski definition) is 3. The lowest BCUT2D eigenvalue weighted by molar-refractivity contribution is 0.00578. The van der Waals surface area contributed by atoms with Crippen molar-refractivity contribution in [3.05, 3.63) is 22.0 Å². The van der Waals surface area contributed by atoms with Crippen LogP contribution in [0.5, 0.6) is 0 Å². The van der Waals surface area contributed by atoms with Crippen LogP contribution in [0.2, 0.25) is 0 Å². The van der Waals surface area contributed by atoms with Crippen molar-refractivity contribution in [2.75, 3.05) is 0 Å². The van der Waals surface area contributed by atoms with Crippen molar-refractivity contribution < 1.29 is 9.31 Å². The first-order chi connectivity index (χ1) is 7.33. The van der Waals surface area contributed by atoms with Crippen LogP contribution in [0.25, 0.3) is 0 Å². The summed E-state index contributed by atoms with van der Waals surface area (Å²) in [5, 5.41) is 0. The monoisotopic (exact) mass is 331 g/mol. The first-order valence-electron chi connectivity index (χ1n) is 5.28. The molecule has 2 rings (SSSR count). The van der Waals surface area contributed by atoms with E-state index in [2.05, 4.69) is 55.3 Å². The molecule has 0 saturated carbocycles. The van der Waals surface area contributed by atoms with E-state index in [0.29, 0.717) is 0 Å². The second-order valence-electron chi connectivity index (χ2n) is 4.99. The summed E-state index contributed by atoms with van der Waals surface area (Å²) in [6, 6.07) is 1.96. The van der Waals surface area contributed by atoms with Crippen LogP contribution in [0.15, 0.2) is 18.5 Å². The summed E-state index contributed by atoms with van der Waals surface area (Å²) in [6.07, 6.45) is 3.58. The van der Waals surface area contributed by atoms with E-state index in [1.165, 1.54) is 0 Å². The van der Waals surface area contributed by atoms with Crippen LogP contribution in [-0.2, 0) is 9.31 Å². The van der Waals surface area contributed by atoms with Crippen molar-refractivity contribution in [3.8, 4) is 0 Å². The zero-order valence-corrected chi connectivity index (χ0v) is 12.1. The first kappa shape index (κ1) is 12.3. The quantitative estimate of drug-likeness (QED) is 0.583. The van der Waals surface area contributed by atoms with E-state index in [9.17, 15) is 0 Å². The number of rotatable bonds is 1. The second-order valence-corrected chi connectivity index (χ2v) is 6.15. The molecule has 0 radical (unpaired) electrons. The minimum Gasteiger partial charge on any atom is -0.399 e. The third-order valence-corrected chi connectivity index (χ3v) is 4.29. The SMILES string of the molecule is CC1(C)OB(c2cnccc2I)OC1(C)C. The van der Waals surface area contributed by atoms with Crippen LogP contribution >= 0.6 is 22.6 Å². The highest BCUT2D eigenvalue weighted by atomic mass is 127. The molecule has 0 spiro atoms. The topological polar surface area (TPSA) is 31.4 Å². The third-order valence-electron chi connectivity index (χ3n) is 3.30. The Morgan fingerprint density at radius 3 is 2.25 bits per heavy atom. The molecule has 86 valence electrons. The van der Waals surface area contributed by atoms with Gasteiger partial charge in [0.05, 0.1) is 11.2 Å². The van der Waals surface area contributed by atoms with Crippen LogP contribution < -0.4 is 5.46 Å². The minimum absolute atomic E-state index is 0.295. The number of hydrogen-bond donors (Lipinski definition) is 0. The average Bonchev–Trinajstić information content (AvgIpc) is 2.36. The van der Waals surface area contributed by atoms with Crippen LogP contribution in [0.3, 0.4) is 0 Å². The summed E-state index contributed by atoms with van der Waals surface area (Å²) in [7, 11) is -0.314. The highest BCUT2D eigenvalue weighted by Crippen LogP contribution is 2.36. The van der Waals surface area contributed by atoms with Gasteiger partial charge in [0.2, 0.25) is 0 Å². The maximum absolute atomic E-state index is 5.96. The van der Waals surface area contributed by atoms with Crippen molar-refractivity contribution in [3.63, 3.8) is 0 Å². The van der Waals surface area contributed by atoms with Crippen LogP contribution in [0.4, 0.5) is 0 Å². The highest BCUT2D eigenvalue weighted by Gasteiger charge is 2.52. The average molecular weight is 331 g/mol. The van der Waals surface area contributed by atoms with Crippen molar-refractivity contribution in [1.29, 1.82) is 0 Å². The molecule has 0 amide bonds. The van der Waals surface area contributed by atoms with E-state index in [1.807, 2.05) is 12.3 Å². The first-order valence-corrected chi connectivity index (χ1v) is 6.36. The minimum atomic E-state index is -0.314. The largest absolute Gasteiger partial charge is 0.497 e. The number of nitrogens with zero attached hydrogens (tertiary/aromatic N) is 1. The summed E-state index contributed by atoms with van der Waals surface area (Å²) in [6.45, 7) is 8.21. The maximum Gasteiger partial charge on any atom is 0.497 e. The Bertz CT molecular complexity index is 393. The molecule has 1 aliphatic rings. The van der Waals surface area contributed by atoms with Gasteiger partial charge in [-0.3, -0.25) is 4.98 Å². The van der Waals surface area contributed by atoms with Gasteiger partial charge in [0.15, 0.2) is 0 Å². The second kappa shape index (κ2) is 3.96. The Kier molecular flexibility index (Phi) is 3.05. The molecule has 1 aliphatic heterocycles. The van der Waals surface area contributed by atoms with Gasteiger partial charge in [0.1, 0.15) is 0 Å². The molecule has 1 aromatic heterocycles. The van der Waals surface area contributed by atoms with Gasteiger partial charge in [-0.05, 0) is 56.4 Å². The lowest BCUT2D eigenvalue weighted by Crippen LogP contribution is -2.41. The van der Waals surface area contributed by atoms with Gasteiger partial charge < -0.3 is 9.31 Å². The summed E-state index contributed by atoms with van der Waals surface area (Å²) in [5.74, 6) is 0. The molecule has 0 atom stereocenters. The molecule has 1 fully saturated rings. The zero-order valence-electron chi connectivity index (χ0n) is 9.95. The Labute approximate surface area is 110 Å². The highest BCUT2D eigenvalue weighted by molar-refractivity contribution is 14.1. The van der Waals surface area contributed by atoms with Crippen molar-refractivity contribution in [1.82, 2.24) is 4.98 Å². The Morgan fingerprint density at radius 2 is 1.75 bits per heavy atom. The number of halogens is 1. The number of pyridine rings is 1. The summed E-state index contributed by atoms with van der Waals surface area (Å²) >= 11 is 2.27. The van der Waals surface area contributed by atoms with Gasteiger partial charge in [-0.25, -0.2) is 0 Å². The number of aromatic nitrogens is 1. The summed E-state index contributed by atoms with van der Waals surface area (Å²) < 4.78 is 13.0. The molecule has 0 aromatic carbocycles. The summed E-state index contributed by atoms with van der Waals surface area (Å²) in [4.78, 5) is 4.12. The van der Waals surface area contributed by atoms with E-state index >= 15 is 0 Å². The fourth-order valence-electron chi connectivity index (χ4n) is 1.53. The van der Waals surface area contributed by atoms with E-state index < -0.39 is 0 Å². The van der Waals surface area contributed by atoms with Gasteiger partial charge in [0, 0.05) is 21.4 Å². The molecule has 1 saturated heterocycles. The smallest absolute Gasteiger partial charge is 0.399 e. The van der Waals surface area contributed by atoms with Gasteiger partial charge >= 0.3 is 7.12 Å². The molecular weight excluding hydrogens is 316 g/mol. The molecular formula is C11H15BINO2. The maximum atomic E-state index is 5.96. The Morgan fingerprint density at radius 1 is 1.19 bits per heavy atom. The van der Waals surface area contributed by atoms with Crippen LogP contribution in [0.1, 0.15) is 27.7 Å². The van der Waals surface area contributed by atoms with E-state index in [-0.39, 0.29) is 18.3 Å². The molecule has 16 heavy (non-hydrogen) atoms. The van der Waals surface area contributed by atoms with Crippen molar-refractivity contribution in [2.24, 2.45) is 0 Å². The standard InChI is InChI=1S/C11H15BINO2/c1-10(2)11(3,4)16-12(15-10)8-7-14-6-5-9(8)13/h5-7H,1-4H3. The molecule has 5 heteroatoms. The van der Waals surface area contributed by atoms with Crippen LogP contribution in [-0.4, -0.2) is 23.3 Å². The molecule has 0 aliphatic carbocycles. The lowest BCUT2D eigenvalue weighted by Gasteiger charge is -2.32. The van der Waals surface area contributed by atoms with E-state index in [0.717, 1.165) is 9.03 Å². The normalized spacial score (nSPS) is 22.4. The Hall–Kier alpha value is -0.135. The Balaban J connectivity index is 2.31. The fraction of sp³-hybridized carbons (Fsp3) is 0.545. The predicted molar refractivity (Wildman–Crippen MR) is 72.7 cm³/mol. The van der Waals surface area contributed by atoms with Crippen LogP contribution in [0, 0.1) is 3.57 Å². The van der Waals surface area contributed by atoms with Crippen molar-refractivity contribution >= 4 is 35.2 Å². The van der Waals surface area contributed by atoms with Gasteiger partial charge in [-0.15, -0.1) is 0 Å². The van der Waals surface area contributed by atoms with Crippen molar-refractivity contribution in [2.45, 2.75) is 38.9 Å². The van der Waals surface area contributed by atoms with Gasteiger partial charge in [0.25, 0.3) is 0 Å². The zero-order chi connectivity index (χ0) is 12.0. The summed E-state index contributed by atoms with van der Waals surface area (Å²) in [5.41, 5.74) is 0.412. The third kappa shape index (κ3) is 2.00. The van der Waals surface area contributed by atoms with E-state index in [1.54, 1.807) is 6.20 Å². The molecule has 0 unspecified atom stereocenters. The van der Waals surface area contributed by atoms with E-state index in [4.69, 9.17) is 9.31 Å². The fourth-order valence-corrected chi connectivity index (χ4v) is 2.09. The predicted octanol–water partition coefficient (Wildman–Crippen LogP) is 1.99. The molecule has 0 N–H and O–H groups in total. The molecule has 0 bridgehead atoms. The van der Waals surface area contributed by atoms with Gasteiger partial charge in [-0.1, -0.05) is 0 Å². The lowest BCUT2D eigenvalue weighted by atomic mass is 9.80. The molecule has 2 heterocycles. The molecule has 1 aromatic rings. The van der Waals surface area contributed by atoms with Gasteiger partial charge in [-0.2, -0.15) is 0 Å².